The van der Waals surface area contributed by atoms with Crippen molar-refractivity contribution >= 4 is 33.1 Å². The summed E-state index contributed by atoms with van der Waals surface area (Å²) >= 11 is 3.15. The number of thioether (sulfide) groups is 1. The summed E-state index contributed by atoms with van der Waals surface area (Å²) in [5.41, 5.74) is 1.05. The van der Waals surface area contributed by atoms with Gasteiger partial charge in [0.25, 0.3) is 10.0 Å². The van der Waals surface area contributed by atoms with Crippen molar-refractivity contribution in [3.63, 3.8) is 0 Å². The van der Waals surface area contributed by atoms with Crippen LogP contribution in [0.4, 0.5) is 0 Å². The third kappa shape index (κ3) is 3.76. The molecule has 1 aromatic rings. The van der Waals surface area contributed by atoms with Crippen molar-refractivity contribution in [2.75, 3.05) is 25.1 Å². The van der Waals surface area contributed by atoms with E-state index in [0.29, 0.717) is 4.21 Å². The molecule has 114 valence electrons. The van der Waals surface area contributed by atoms with Gasteiger partial charge < -0.3 is 5.32 Å². The van der Waals surface area contributed by atoms with E-state index in [1.54, 1.807) is 17.4 Å². The quantitative estimate of drug-likeness (QED) is 0.778. The van der Waals surface area contributed by atoms with E-state index in [2.05, 4.69) is 12.2 Å². The number of thiophene rings is 1. The van der Waals surface area contributed by atoms with Crippen molar-refractivity contribution < 1.29 is 8.42 Å². The lowest BCUT2D eigenvalue weighted by atomic mass is 10.3. The van der Waals surface area contributed by atoms with Crippen molar-refractivity contribution in [2.24, 2.45) is 0 Å². The first-order chi connectivity index (χ1) is 9.55. The minimum absolute atomic E-state index is 0.147. The van der Waals surface area contributed by atoms with Crippen molar-refractivity contribution in [3.8, 4) is 0 Å². The molecule has 0 saturated carbocycles. The van der Waals surface area contributed by atoms with Crippen LogP contribution in [-0.4, -0.2) is 43.9 Å². The highest BCUT2D eigenvalue weighted by atomic mass is 32.2. The van der Waals surface area contributed by atoms with Crippen LogP contribution in [0.5, 0.6) is 0 Å². The third-order valence-corrected chi connectivity index (χ3v) is 7.96. The summed E-state index contributed by atoms with van der Waals surface area (Å²) in [6.45, 7) is 3.81. The first kappa shape index (κ1) is 16.3. The van der Waals surface area contributed by atoms with Crippen LogP contribution in [0.15, 0.2) is 15.7 Å². The van der Waals surface area contributed by atoms with Crippen LogP contribution in [0.25, 0.3) is 0 Å². The zero-order chi connectivity index (χ0) is 14.6. The minimum atomic E-state index is -3.32. The molecule has 1 aliphatic rings. The predicted octanol–water partition coefficient (Wildman–Crippen LogP) is 2.37. The molecule has 1 saturated heterocycles. The van der Waals surface area contributed by atoms with E-state index >= 15 is 0 Å². The normalized spacial score (nSPS) is 19.9. The number of hydrogen-bond acceptors (Lipinski definition) is 5. The Balaban J connectivity index is 2.05. The summed E-state index contributed by atoms with van der Waals surface area (Å²) in [5, 5.41) is 5.23. The Morgan fingerprint density at radius 1 is 1.50 bits per heavy atom. The fourth-order valence-corrected chi connectivity index (χ4v) is 6.28. The molecule has 0 aromatic carbocycles. The van der Waals surface area contributed by atoms with Crippen LogP contribution in [-0.2, 0) is 16.6 Å². The van der Waals surface area contributed by atoms with Crippen molar-refractivity contribution in [3.05, 3.63) is 17.0 Å². The van der Waals surface area contributed by atoms with Gasteiger partial charge in [-0.2, -0.15) is 16.1 Å². The molecule has 1 atom stereocenters. The maximum Gasteiger partial charge on any atom is 0.252 e. The summed E-state index contributed by atoms with van der Waals surface area (Å²) in [7, 11) is -1.61. The van der Waals surface area contributed by atoms with Gasteiger partial charge in [0.1, 0.15) is 4.21 Å². The summed E-state index contributed by atoms with van der Waals surface area (Å²) in [4.78, 5) is 0. The van der Waals surface area contributed by atoms with Gasteiger partial charge in [0.2, 0.25) is 0 Å². The monoisotopic (exact) mass is 334 g/mol. The molecule has 0 radical (unpaired) electrons. The molecular weight excluding hydrogens is 312 g/mol. The third-order valence-electron chi connectivity index (χ3n) is 3.44. The second kappa shape index (κ2) is 7.26. The zero-order valence-corrected chi connectivity index (χ0v) is 14.4. The van der Waals surface area contributed by atoms with Gasteiger partial charge in [0.15, 0.2) is 0 Å². The van der Waals surface area contributed by atoms with Gasteiger partial charge in [-0.15, -0.1) is 11.3 Å². The fraction of sp³-hybridized carbons (Fsp3) is 0.692. The molecular formula is C13H22N2O2S3. The molecule has 1 aliphatic heterocycles. The Labute approximate surface area is 130 Å². The van der Waals surface area contributed by atoms with Gasteiger partial charge in [0, 0.05) is 25.4 Å². The lowest BCUT2D eigenvalue weighted by molar-refractivity contribution is 0.395. The van der Waals surface area contributed by atoms with Gasteiger partial charge >= 0.3 is 0 Å². The Morgan fingerprint density at radius 2 is 2.30 bits per heavy atom. The Morgan fingerprint density at radius 3 is 2.95 bits per heavy atom. The maximum atomic E-state index is 12.6. The predicted molar refractivity (Wildman–Crippen MR) is 87.0 cm³/mol. The molecule has 2 heterocycles. The Kier molecular flexibility index (Phi) is 5.92. The average molecular weight is 335 g/mol. The molecule has 20 heavy (non-hydrogen) atoms. The van der Waals surface area contributed by atoms with Gasteiger partial charge in [-0.05, 0) is 42.1 Å². The van der Waals surface area contributed by atoms with Crippen molar-refractivity contribution in [1.82, 2.24) is 9.62 Å². The molecule has 0 aliphatic carbocycles. The van der Waals surface area contributed by atoms with Crippen LogP contribution >= 0.6 is 23.1 Å². The van der Waals surface area contributed by atoms with Crippen LogP contribution in [0.2, 0.25) is 0 Å². The minimum Gasteiger partial charge on any atom is -0.313 e. The molecule has 7 heteroatoms. The smallest absolute Gasteiger partial charge is 0.252 e. The largest absolute Gasteiger partial charge is 0.313 e. The number of nitrogens with zero attached hydrogens (tertiary/aromatic N) is 1. The van der Waals surface area contributed by atoms with Gasteiger partial charge in [-0.25, -0.2) is 8.42 Å². The van der Waals surface area contributed by atoms with E-state index in [-0.39, 0.29) is 6.04 Å². The van der Waals surface area contributed by atoms with Crippen LogP contribution in [0.1, 0.15) is 25.3 Å². The molecule has 4 nitrogen and oxygen atoms in total. The zero-order valence-electron chi connectivity index (χ0n) is 12.0. The first-order valence-electron chi connectivity index (χ1n) is 6.89. The van der Waals surface area contributed by atoms with Crippen LogP contribution in [0, 0.1) is 0 Å². The van der Waals surface area contributed by atoms with E-state index in [0.717, 1.165) is 43.0 Å². The van der Waals surface area contributed by atoms with Crippen LogP contribution < -0.4 is 5.32 Å². The average Bonchev–Trinajstić information content (AvgIpc) is 3.09. The molecule has 1 unspecified atom stereocenters. The highest BCUT2D eigenvalue weighted by molar-refractivity contribution is 7.99. The van der Waals surface area contributed by atoms with E-state index < -0.39 is 10.0 Å². The molecule has 1 aromatic heterocycles. The highest BCUT2D eigenvalue weighted by Gasteiger charge is 2.31. The second-order valence-corrected chi connectivity index (χ2v) is 9.27. The fourth-order valence-electron chi connectivity index (χ4n) is 2.14. The highest BCUT2D eigenvalue weighted by Crippen LogP contribution is 2.29. The second-order valence-electron chi connectivity index (χ2n) is 4.99. The van der Waals surface area contributed by atoms with Gasteiger partial charge in [-0.3, -0.25) is 0 Å². The first-order valence-corrected chi connectivity index (χ1v) is 10.4. The standard InChI is InChI=1S/C13H22N2O2S3/c1-3-5-14-8-11-7-13(19-9-11)20(16,17)15(2)12-4-6-18-10-12/h7,9,12,14H,3-6,8,10H2,1-2H3. The number of rotatable bonds is 7. The number of sulfonamides is 1. The lowest BCUT2D eigenvalue weighted by Gasteiger charge is -2.22. The van der Waals surface area contributed by atoms with E-state index in [9.17, 15) is 8.42 Å². The Hall–Kier alpha value is -0.0800. The molecule has 0 bridgehead atoms. The molecule has 1 fully saturated rings. The van der Waals surface area contributed by atoms with E-state index in [1.165, 1.54) is 11.3 Å². The summed E-state index contributed by atoms with van der Waals surface area (Å²) < 4.78 is 27.2. The van der Waals surface area contributed by atoms with Crippen molar-refractivity contribution in [2.45, 2.75) is 36.6 Å². The van der Waals surface area contributed by atoms with Crippen LogP contribution in [0.3, 0.4) is 0 Å². The summed E-state index contributed by atoms with van der Waals surface area (Å²) in [6, 6.07) is 1.95. The molecule has 1 N–H and O–H groups in total. The SMILES string of the molecule is CCCNCc1csc(S(=O)(=O)N(C)C2CCSC2)c1. The summed E-state index contributed by atoms with van der Waals surface area (Å²) in [6.07, 6.45) is 2.04. The Bertz CT molecular complexity index is 521. The topological polar surface area (TPSA) is 49.4 Å². The van der Waals surface area contributed by atoms with Gasteiger partial charge in [0.05, 0.1) is 0 Å². The lowest BCUT2D eigenvalue weighted by Crippen LogP contribution is -2.36. The van der Waals surface area contributed by atoms with E-state index in [1.807, 2.05) is 17.1 Å². The van der Waals surface area contributed by atoms with E-state index in [4.69, 9.17) is 0 Å². The van der Waals surface area contributed by atoms with Gasteiger partial charge in [-0.1, -0.05) is 6.92 Å². The number of hydrogen-bond donors (Lipinski definition) is 1. The molecule has 0 amide bonds. The summed E-state index contributed by atoms with van der Waals surface area (Å²) in [5.74, 6) is 1.97. The number of nitrogens with one attached hydrogen (secondary N) is 1. The molecule has 2 rings (SSSR count). The van der Waals surface area contributed by atoms with Crippen molar-refractivity contribution in [1.29, 1.82) is 0 Å². The maximum absolute atomic E-state index is 12.6. The molecule has 0 spiro atoms.